The van der Waals surface area contributed by atoms with Crippen molar-refractivity contribution in [3.63, 3.8) is 0 Å². The largest absolute Gasteiger partial charge is 1.00 e. The maximum atomic E-state index is 11.4. The Morgan fingerprint density at radius 1 is 1.25 bits per heavy atom. The summed E-state index contributed by atoms with van der Waals surface area (Å²) in [6.45, 7) is 1.33. The minimum Gasteiger partial charge on any atom is -1.00 e. The lowest BCUT2D eigenvalue weighted by atomic mass is 10.4. The molecule has 0 aromatic rings. The van der Waals surface area contributed by atoms with Crippen LogP contribution in [-0.2, 0) is 0 Å². The Labute approximate surface area is 51.8 Å². The minimum absolute atomic E-state index is 0. The van der Waals surface area contributed by atoms with Gasteiger partial charge in [0.2, 0.25) is 0 Å². The summed E-state index contributed by atoms with van der Waals surface area (Å²) in [5, 5.41) is 0. The predicted octanol–water partition coefficient (Wildman–Crippen LogP) is -0.522. The molecule has 4 heteroatoms. The van der Waals surface area contributed by atoms with Crippen LogP contribution < -0.4 is 12.4 Å². The number of allylic oxidation sites excluding steroid dienone is 1. The summed E-state index contributed by atoms with van der Waals surface area (Å²) in [5.74, 6) is -1.32. The predicted molar refractivity (Wildman–Crippen MR) is 20.6 cm³/mol. The molecule has 0 atom stereocenters. The summed E-state index contributed by atoms with van der Waals surface area (Å²) in [4.78, 5) is 0. The van der Waals surface area contributed by atoms with Crippen LogP contribution in [0.4, 0.5) is 13.2 Å². The lowest BCUT2D eigenvalue weighted by Gasteiger charge is -1.81. The standard InChI is InChI=1S/C4H5F3.ClH/c1-2-3(5)4(6)7;/h2H2,1H3;1H/p-1. The van der Waals surface area contributed by atoms with E-state index in [1.54, 1.807) is 0 Å². The second kappa shape index (κ2) is 4.97. The van der Waals surface area contributed by atoms with Gasteiger partial charge in [0.1, 0.15) is 0 Å². The van der Waals surface area contributed by atoms with Crippen LogP contribution in [0.15, 0.2) is 11.9 Å². The van der Waals surface area contributed by atoms with Crippen molar-refractivity contribution in [2.75, 3.05) is 0 Å². The summed E-state index contributed by atoms with van der Waals surface area (Å²) >= 11 is 0. The molecule has 0 fully saturated rings. The maximum absolute atomic E-state index is 11.4. The van der Waals surface area contributed by atoms with Crippen LogP contribution in [0.1, 0.15) is 13.3 Å². The van der Waals surface area contributed by atoms with Gasteiger partial charge >= 0.3 is 6.08 Å². The average Bonchev–Trinajstić information content (AvgIpc) is 1.65. The first-order valence-corrected chi connectivity index (χ1v) is 1.88. The lowest BCUT2D eigenvalue weighted by Crippen LogP contribution is -3.00. The van der Waals surface area contributed by atoms with Gasteiger partial charge in [0, 0.05) is 6.42 Å². The van der Waals surface area contributed by atoms with Crippen molar-refractivity contribution in [3.8, 4) is 0 Å². The van der Waals surface area contributed by atoms with Crippen LogP contribution in [0.25, 0.3) is 0 Å². The second-order valence-corrected chi connectivity index (χ2v) is 1.02. The van der Waals surface area contributed by atoms with Gasteiger partial charge in [-0.1, -0.05) is 6.92 Å². The molecule has 50 valence electrons. The van der Waals surface area contributed by atoms with Gasteiger partial charge in [-0.25, -0.2) is 4.39 Å². The Morgan fingerprint density at radius 2 is 1.62 bits per heavy atom. The molecular weight excluding hydrogens is 140 g/mol. The zero-order valence-electron chi connectivity index (χ0n) is 4.22. The van der Waals surface area contributed by atoms with Crippen molar-refractivity contribution in [3.05, 3.63) is 11.9 Å². The van der Waals surface area contributed by atoms with E-state index in [4.69, 9.17) is 0 Å². The SMILES string of the molecule is CCC(F)=C(F)F.[Cl-]. The average molecular weight is 146 g/mol. The molecule has 0 amide bonds. The van der Waals surface area contributed by atoms with Crippen LogP contribution in [0.3, 0.4) is 0 Å². The van der Waals surface area contributed by atoms with Crippen molar-refractivity contribution in [1.29, 1.82) is 0 Å². The molecule has 0 N–H and O–H groups in total. The molecule has 0 spiro atoms. The number of rotatable bonds is 1. The Kier molecular flexibility index (Phi) is 6.67. The first-order chi connectivity index (χ1) is 3.18. The van der Waals surface area contributed by atoms with Gasteiger partial charge in [-0.3, -0.25) is 0 Å². The van der Waals surface area contributed by atoms with Gasteiger partial charge in [0.15, 0.2) is 5.83 Å². The molecule has 0 heterocycles. The Balaban J connectivity index is 0. The highest BCUT2D eigenvalue weighted by atomic mass is 35.5. The van der Waals surface area contributed by atoms with E-state index in [1.807, 2.05) is 0 Å². The van der Waals surface area contributed by atoms with Crippen LogP contribution >= 0.6 is 0 Å². The van der Waals surface area contributed by atoms with Gasteiger partial charge in [-0.15, -0.1) is 0 Å². The molecule has 0 aliphatic heterocycles. The van der Waals surface area contributed by atoms with E-state index < -0.39 is 11.9 Å². The first-order valence-electron chi connectivity index (χ1n) is 1.88. The van der Waals surface area contributed by atoms with E-state index in [0.717, 1.165) is 0 Å². The third-order valence-electron chi connectivity index (χ3n) is 0.515. The highest BCUT2D eigenvalue weighted by molar-refractivity contribution is 4.89. The molecule has 0 nitrogen and oxygen atoms in total. The number of halogens is 4. The van der Waals surface area contributed by atoms with Crippen LogP contribution in [-0.4, -0.2) is 0 Å². The molecule has 0 aliphatic carbocycles. The van der Waals surface area contributed by atoms with Gasteiger partial charge in [-0.2, -0.15) is 8.78 Å². The fraction of sp³-hybridized carbons (Fsp3) is 0.500. The third-order valence-corrected chi connectivity index (χ3v) is 0.515. The fourth-order valence-electron chi connectivity index (χ4n) is 0.134. The molecular formula is C4H5ClF3-. The Bertz CT molecular complexity index is 85.3. The highest BCUT2D eigenvalue weighted by Crippen LogP contribution is 2.10. The van der Waals surface area contributed by atoms with Crippen LogP contribution in [0, 0.1) is 0 Å². The van der Waals surface area contributed by atoms with Gasteiger partial charge < -0.3 is 12.4 Å². The summed E-state index contributed by atoms with van der Waals surface area (Å²) in [5.41, 5.74) is 0. The van der Waals surface area contributed by atoms with E-state index in [1.165, 1.54) is 6.92 Å². The lowest BCUT2D eigenvalue weighted by molar-refractivity contribution is -0.00000366. The monoisotopic (exact) mass is 145 g/mol. The Hall–Kier alpha value is -0.180. The van der Waals surface area contributed by atoms with E-state index in [-0.39, 0.29) is 18.8 Å². The number of hydrogen-bond acceptors (Lipinski definition) is 0. The first kappa shape index (κ1) is 10.7. The summed E-state index contributed by atoms with van der Waals surface area (Å²) in [7, 11) is 0. The van der Waals surface area contributed by atoms with Crippen molar-refractivity contribution in [2.45, 2.75) is 13.3 Å². The van der Waals surface area contributed by atoms with E-state index >= 15 is 0 Å². The van der Waals surface area contributed by atoms with Crippen molar-refractivity contribution >= 4 is 0 Å². The zero-order valence-corrected chi connectivity index (χ0v) is 4.97. The highest BCUT2D eigenvalue weighted by Gasteiger charge is 1.98. The Morgan fingerprint density at radius 3 is 1.62 bits per heavy atom. The second-order valence-electron chi connectivity index (χ2n) is 1.02. The molecule has 0 saturated carbocycles. The smallest absolute Gasteiger partial charge is 0.301 e. The topological polar surface area (TPSA) is 0 Å². The summed E-state index contributed by atoms with van der Waals surface area (Å²) in [6.07, 6.45) is -2.43. The molecule has 0 aromatic carbocycles. The molecule has 0 radical (unpaired) electrons. The van der Waals surface area contributed by atoms with E-state index in [0.29, 0.717) is 0 Å². The summed E-state index contributed by atoms with van der Waals surface area (Å²) in [6, 6.07) is 0. The van der Waals surface area contributed by atoms with Crippen molar-refractivity contribution in [1.82, 2.24) is 0 Å². The zero-order chi connectivity index (χ0) is 5.86. The molecule has 0 unspecified atom stereocenters. The van der Waals surface area contributed by atoms with Gasteiger partial charge in [0.05, 0.1) is 0 Å². The molecule has 0 rings (SSSR count). The van der Waals surface area contributed by atoms with Gasteiger partial charge in [-0.05, 0) is 0 Å². The minimum atomic E-state index is -2.21. The molecule has 0 aromatic heterocycles. The van der Waals surface area contributed by atoms with Crippen molar-refractivity contribution < 1.29 is 25.6 Å². The third kappa shape index (κ3) is 3.99. The molecule has 8 heavy (non-hydrogen) atoms. The van der Waals surface area contributed by atoms with Crippen molar-refractivity contribution in [2.24, 2.45) is 0 Å². The fourth-order valence-corrected chi connectivity index (χ4v) is 0.134. The maximum Gasteiger partial charge on any atom is 0.301 e. The van der Waals surface area contributed by atoms with E-state index in [9.17, 15) is 13.2 Å². The molecule has 0 bridgehead atoms. The van der Waals surface area contributed by atoms with Crippen LogP contribution in [0.5, 0.6) is 0 Å². The van der Waals surface area contributed by atoms with Crippen LogP contribution in [0.2, 0.25) is 0 Å². The molecule has 0 saturated heterocycles. The quantitative estimate of drug-likeness (QED) is 0.466. The molecule has 0 aliphatic rings. The van der Waals surface area contributed by atoms with E-state index in [2.05, 4.69) is 0 Å². The summed E-state index contributed by atoms with van der Waals surface area (Å²) < 4.78 is 33.3. The number of hydrogen-bond donors (Lipinski definition) is 0. The van der Waals surface area contributed by atoms with Gasteiger partial charge in [0.25, 0.3) is 0 Å². The normalized spacial score (nSPS) is 7.50.